The molecule has 0 saturated carbocycles. The van der Waals surface area contributed by atoms with Gasteiger partial charge in [-0.3, -0.25) is 14.7 Å². The molecule has 126 valence electrons. The molecule has 1 saturated heterocycles. The first-order valence-electron chi connectivity index (χ1n) is 7.90. The zero-order valence-electron chi connectivity index (χ0n) is 13.4. The van der Waals surface area contributed by atoms with Crippen molar-refractivity contribution in [3.63, 3.8) is 0 Å². The van der Waals surface area contributed by atoms with Crippen molar-refractivity contribution in [3.8, 4) is 0 Å². The Hall–Kier alpha value is -1.98. The molecular weight excluding hydrogens is 329 g/mol. The summed E-state index contributed by atoms with van der Waals surface area (Å²) < 4.78 is 13.8. The number of carbonyl (C=O) groups is 1. The van der Waals surface area contributed by atoms with Crippen LogP contribution in [0.25, 0.3) is 0 Å². The smallest absolute Gasteiger partial charge is 0.269 e. The maximum absolute atomic E-state index is 13.8. The van der Waals surface area contributed by atoms with E-state index in [1.54, 1.807) is 30.5 Å². The molecule has 1 aliphatic rings. The van der Waals surface area contributed by atoms with Crippen molar-refractivity contribution >= 4 is 17.5 Å². The van der Waals surface area contributed by atoms with Gasteiger partial charge in [0.05, 0.1) is 5.02 Å². The number of rotatable bonds is 4. The number of hydrogen-bond acceptors (Lipinski definition) is 3. The molecule has 2 unspecified atom stereocenters. The predicted octanol–water partition coefficient (Wildman–Crippen LogP) is 3.30. The van der Waals surface area contributed by atoms with Gasteiger partial charge >= 0.3 is 0 Å². The summed E-state index contributed by atoms with van der Waals surface area (Å²) in [7, 11) is 2.01. The summed E-state index contributed by atoms with van der Waals surface area (Å²) in [6.45, 7) is 1.42. The number of hydrogen-bond donors (Lipinski definition) is 1. The number of carbonyl (C=O) groups excluding carboxylic acids is 1. The van der Waals surface area contributed by atoms with Crippen molar-refractivity contribution in [3.05, 3.63) is 64.7 Å². The van der Waals surface area contributed by atoms with E-state index in [1.165, 1.54) is 6.07 Å². The molecule has 0 aliphatic carbocycles. The molecule has 0 spiro atoms. The van der Waals surface area contributed by atoms with Crippen LogP contribution in [0, 0.1) is 11.7 Å². The molecule has 1 aromatic carbocycles. The minimum atomic E-state index is -0.411. The van der Waals surface area contributed by atoms with Crippen LogP contribution >= 0.6 is 11.6 Å². The molecule has 1 aliphatic heterocycles. The van der Waals surface area contributed by atoms with Crippen LogP contribution in [0.15, 0.2) is 42.6 Å². The molecule has 1 aromatic heterocycles. The van der Waals surface area contributed by atoms with E-state index in [4.69, 9.17) is 11.6 Å². The quantitative estimate of drug-likeness (QED) is 0.923. The van der Waals surface area contributed by atoms with Gasteiger partial charge in [-0.05, 0) is 55.8 Å². The predicted molar refractivity (Wildman–Crippen MR) is 91.5 cm³/mol. The van der Waals surface area contributed by atoms with E-state index in [1.807, 2.05) is 13.1 Å². The average Bonchev–Trinajstić information content (AvgIpc) is 2.96. The summed E-state index contributed by atoms with van der Waals surface area (Å²) in [4.78, 5) is 18.4. The summed E-state index contributed by atoms with van der Waals surface area (Å²) in [6.07, 6.45) is 2.53. The Morgan fingerprint density at radius 1 is 1.42 bits per heavy atom. The van der Waals surface area contributed by atoms with E-state index in [9.17, 15) is 9.18 Å². The van der Waals surface area contributed by atoms with Crippen molar-refractivity contribution in [2.75, 3.05) is 20.1 Å². The van der Waals surface area contributed by atoms with Crippen LogP contribution in [0.1, 0.15) is 28.5 Å². The van der Waals surface area contributed by atoms with Gasteiger partial charge in [0.25, 0.3) is 5.91 Å². The minimum absolute atomic E-state index is 0.0563. The van der Waals surface area contributed by atoms with E-state index in [0.29, 0.717) is 12.2 Å². The number of nitrogens with one attached hydrogen (secondary N) is 1. The Balaban J connectivity index is 1.70. The lowest BCUT2D eigenvalue weighted by Crippen LogP contribution is -2.32. The Labute approximate surface area is 145 Å². The van der Waals surface area contributed by atoms with Crippen molar-refractivity contribution in [1.29, 1.82) is 0 Å². The van der Waals surface area contributed by atoms with Crippen molar-refractivity contribution in [1.82, 2.24) is 15.2 Å². The summed E-state index contributed by atoms with van der Waals surface area (Å²) >= 11 is 5.78. The first kappa shape index (κ1) is 16.9. The molecule has 1 fully saturated rings. The summed E-state index contributed by atoms with van der Waals surface area (Å²) in [5.41, 5.74) is 1.28. The molecule has 6 heteroatoms. The van der Waals surface area contributed by atoms with Gasteiger partial charge in [-0.2, -0.15) is 0 Å². The highest BCUT2D eigenvalue weighted by molar-refractivity contribution is 6.30. The monoisotopic (exact) mass is 347 g/mol. The summed E-state index contributed by atoms with van der Waals surface area (Å²) in [6, 6.07) is 10.2. The minimum Gasteiger partial charge on any atom is -0.350 e. The number of amides is 1. The van der Waals surface area contributed by atoms with Crippen LogP contribution in [-0.4, -0.2) is 35.9 Å². The standard InChI is InChI=1S/C18H19ClFN3O/c1-23-9-7-13(11-22-18(24)16-4-2-3-8-21-16)17(23)12-5-6-14(19)15(20)10-12/h2-6,8,10,13,17H,7,9,11H2,1H3,(H,22,24). The highest BCUT2D eigenvalue weighted by Gasteiger charge is 2.33. The number of benzene rings is 1. The maximum Gasteiger partial charge on any atom is 0.269 e. The van der Waals surface area contributed by atoms with Gasteiger partial charge in [-0.15, -0.1) is 0 Å². The molecular formula is C18H19ClFN3O. The maximum atomic E-state index is 13.8. The molecule has 2 heterocycles. The van der Waals surface area contributed by atoms with E-state index < -0.39 is 5.82 Å². The Morgan fingerprint density at radius 3 is 2.96 bits per heavy atom. The van der Waals surface area contributed by atoms with Gasteiger partial charge in [-0.25, -0.2) is 4.39 Å². The Bertz CT molecular complexity index is 725. The summed E-state index contributed by atoms with van der Waals surface area (Å²) in [5, 5.41) is 3.06. The van der Waals surface area contributed by atoms with Crippen LogP contribution in [0.3, 0.4) is 0 Å². The number of aromatic nitrogens is 1. The van der Waals surface area contributed by atoms with Gasteiger partial charge in [-0.1, -0.05) is 23.7 Å². The van der Waals surface area contributed by atoms with Gasteiger partial charge in [0, 0.05) is 18.8 Å². The molecule has 24 heavy (non-hydrogen) atoms. The molecule has 1 N–H and O–H groups in total. The van der Waals surface area contributed by atoms with Crippen molar-refractivity contribution < 1.29 is 9.18 Å². The number of likely N-dealkylation sites (tertiary alicyclic amines) is 1. The van der Waals surface area contributed by atoms with E-state index in [-0.39, 0.29) is 22.9 Å². The molecule has 0 radical (unpaired) electrons. The SMILES string of the molecule is CN1CCC(CNC(=O)c2ccccn2)C1c1ccc(Cl)c(F)c1. The Kier molecular flexibility index (Phi) is 5.11. The van der Waals surface area contributed by atoms with Gasteiger partial charge < -0.3 is 5.32 Å². The molecule has 2 atom stereocenters. The fourth-order valence-corrected chi connectivity index (χ4v) is 3.39. The number of nitrogens with zero attached hydrogens (tertiary/aromatic N) is 2. The zero-order valence-corrected chi connectivity index (χ0v) is 14.1. The average molecular weight is 348 g/mol. The number of halogens is 2. The molecule has 2 aromatic rings. The summed E-state index contributed by atoms with van der Waals surface area (Å²) in [5.74, 6) is -0.389. The fraction of sp³-hybridized carbons (Fsp3) is 0.333. The Morgan fingerprint density at radius 2 is 2.25 bits per heavy atom. The first-order valence-corrected chi connectivity index (χ1v) is 8.28. The van der Waals surface area contributed by atoms with Gasteiger partial charge in [0.15, 0.2) is 0 Å². The van der Waals surface area contributed by atoms with Crippen molar-refractivity contribution in [2.24, 2.45) is 5.92 Å². The normalized spacial score (nSPS) is 21.0. The van der Waals surface area contributed by atoms with Crippen LogP contribution in [0.5, 0.6) is 0 Å². The third-order valence-corrected chi connectivity index (χ3v) is 4.79. The lowest BCUT2D eigenvalue weighted by molar-refractivity contribution is 0.0938. The third-order valence-electron chi connectivity index (χ3n) is 4.48. The van der Waals surface area contributed by atoms with E-state index in [2.05, 4.69) is 15.2 Å². The molecule has 0 bridgehead atoms. The topological polar surface area (TPSA) is 45.2 Å². The first-order chi connectivity index (χ1) is 11.6. The second kappa shape index (κ2) is 7.28. The van der Waals surface area contributed by atoms with E-state index >= 15 is 0 Å². The largest absolute Gasteiger partial charge is 0.350 e. The third kappa shape index (κ3) is 3.57. The van der Waals surface area contributed by atoms with Gasteiger partial charge in [0.1, 0.15) is 11.5 Å². The van der Waals surface area contributed by atoms with Crippen LogP contribution < -0.4 is 5.32 Å². The fourth-order valence-electron chi connectivity index (χ4n) is 3.27. The molecule has 3 rings (SSSR count). The zero-order chi connectivity index (χ0) is 17.1. The van der Waals surface area contributed by atoms with Crippen LogP contribution in [0.2, 0.25) is 5.02 Å². The second-order valence-corrected chi connectivity index (χ2v) is 6.48. The van der Waals surface area contributed by atoms with E-state index in [0.717, 1.165) is 18.5 Å². The lowest BCUT2D eigenvalue weighted by atomic mass is 9.93. The highest BCUT2D eigenvalue weighted by Crippen LogP contribution is 2.36. The van der Waals surface area contributed by atoms with Crippen molar-refractivity contribution in [2.45, 2.75) is 12.5 Å². The highest BCUT2D eigenvalue weighted by atomic mass is 35.5. The molecule has 4 nitrogen and oxygen atoms in total. The van der Waals surface area contributed by atoms with Gasteiger partial charge in [0.2, 0.25) is 0 Å². The lowest BCUT2D eigenvalue weighted by Gasteiger charge is -2.26. The number of pyridine rings is 1. The second-order valence-electron chi connectivity index (χ2n) is 6.07. The van der Waals surface area contributed by atoms with Crippen LogP contribution in [-0.2, 0) is 0 Å². The molecule has 1 amide bonds. The van der Waals surface area contributed by atoms with Crippen LogP contribution in [0.4, 0.5) is 4.39 Å².